The molecular formula is C50H81N13O13. The van der Waals surface area contributed by atoms with Gasteiger partial charge in [-0.3, -0.25) is 43.2 Å². The van der Waals surface area contributed by atoms with Crippen molar-refractivity contribution in [2.75, 3.05) is 13.2 Å². The van der Waals surface area contributed by atoms with E-state index in [-0.39, 0.29) is 49.7 Å². The van der Waals surface area contributed by atoms with Crippen molar-refractivity contribution in [3.05, 3.63) is 48.0 Å². The lowest BCUT2D eigenvalue weighted by molar-refractivity contribution is -0.142. The first kappa shape index (κ1) is 64.9. The van der Waals surface area contributed by atoms with E-state index in [0.717, 1.165) is 0 Å². The van der Waals surface area contributed by atoms with E-state index in [4.69, 9.17) is 17.2 Å². The van der Waals surface area contributed by atoms with Crippen LogP contribution in [0.3, 0.4) is 0 Å². The zero-order valence-electron chi connectivity index (χ0n) is 44.5. The minimum absolute atomic E-state index is 0.0214. The number of H-pyrrole nitrogens is 1. The second-order valence-corrected chi connectivity index (χ2v) is 19.8. The molecule has 2 rings (SSSR count). The van der Waals surface area contributed by atoms with Gasteiger partial charge in [0.15, 0.2) is 0 Å². The lowest BCUT2D eigenvalue weighted by Gasteiger charge is -2.29. The third-order valence-electron chi connectivity index (χ3n) is 12.3. The van der Waals surface area contributed by atoms with Crippen LogP contribution in [-0.4, -0.2) is 152 Å². The number of unbranched alkanes of at least 4 members (excludes halogenated alkanes) is 1. The highest BCUT2D eigenvalue weighted by Crippen LogP contribution is 2.15. The van der Waals surface area contributed by atoms with Crippen LogP contribution >= 0.6 is 0 Å². The van der Waals surface area contributed by atoms with Gasteiger partial charge in [0.2, 0.25) is 53.2 Å². The number of aromatic hydroxyl groups is 1. The molecule has 0 fully saturated rings. The molecule has 26 heteroatoms. The number of hydrogen-bond acceptors (Lipinski definition) is 15. The van der Waals surface area contributed by atoms with Crippen molar-refractivity contribution in [1.82, 2.24) is 52.5 Å². The molecule has 0 radical (unpaired) electrons. The second kappa shape index (κ2) is 33.0. The molecule has 0 bridgehead atoms. The molecule has 10 atom stereocenters. The Morgan fingerprint density at radius 1 is 0.618 bits per heavy atom. The maximum atomic E-state index is 14.2. The van der Waals surface area contributed by atoms with Crippen LogP contribution in [0.25, 0.3) is 0 Å². The van der Waals surface area contributed by atoms with E-state index in [0.29, 0.717) is 37.1 Å². The number of carbonyl (C=O) groups is 10. The molecular weight excluding hydrogens is 991 g/mol. The van der Waals surface area contributed by atoms with Crippen molar-refractivity contribution < 1.29 is 63.3 Å². The fourth-order valence-electron chi connectivity index (χ4n) is 7.70. The third-order valence-corrected chi connectivity index (χ3v) is 12.3. The predicted molar refractivity (Wildman–Crippen MR) is 278 cm³/mol. The lowest BCUT2D eigenvalue weighted by atomic mass is 9.96. The van der Waals surface area contributed by atoms with E-state index in [2.05, 4.69) is 52.5 Å². The number of aliphatic carboxylic acids is 1. The molecule has 0 saturated heterocycles. The Kier molecular flexibility index (Phi) is 28.2. The van der Waals surface area contributed by atoms with Gasteiger partial charge in [-0.1, -0.05) is 60.1 Å². The number of rotatable bonds is 35. The Bertz CT molecular complexity index is 2230. The molecule has 76 heavy (non-hydrogen) atoms. The van der Waals surface area contributed by atoms with Crippen molar-refractivity contribution in [3.63, 3.8) is 0 Å². The molecule has 9 amide bonds. The van der Waals surface area contributed by atoms with Gasteiger partial charge in [0.05, 0.1) is 19.0 Å². The number of aromatic nitrogens is 2. The highest BCUT2D eigenvalue weighted by Gasteiger charge is 2.36. The van der Waals surface area contributed by atoms with Crippen molar-refractivity contribution in [2.24, 2.45) is 35.0 Å². The van der Waals surface area contributed by atoms with Gasteiger partial charge in [0, 0.05) is 31.2 Å². The summed E-state index contributed by atoms with van der Waals surface area (Å²) < 4.78 is 0. The number of aliphatic hydroxyl groups is 1. The Morgan fingerprint density at radius 2 is 1.13 bits per heavy atom. The van der Waals surface area contributed by atoms with Crippen LogP contribution in [-0.2, 0) is 60.8 Å². The number of carbonyl (C=O) groups excluding carboxylic acids is 9. The van der Waals surface area contributed by atoms with Crippen molar-refractivity contribution in [3.8, 4) is 5.75 Å². The first-order valence-corrected chi connectivity index (χ1v) is 25.6. The Labute approximate surface area is 442 Å². The molecule has 0 unspecified atom stereocenters. The van der Waals surface area contributed by atoms with Gasteiger partial charge in [-0.25, -0.2) is 9.78 Å². The predicted octanol–water partition coefficient (Wildman–Crippen LogP) is -2.26. The smallest absolute Gasteiger partial charge is 0.326 e. The maximum Gasteiger partial charge on any atom is 0.326 e. The first-order chi connectivity index (χ1) is 35.8. The first-order valence-electron chi connectivity index (χ1n) is 25.6. The number of nitrogens with zero attached hydrogens (tertiary/aromatic N) is 1. The Morgan fingerprint density at radius 3 is 1.63 bits per heavy atom. The Hall–Kier alpha value is -7.19. The van der Waals surface area contributed by atoms with Gasteiger partial charge in [-0.15, -0.1) is 0 Å². The topological polar surface area (TPSA) is 434 Å². The molecule has 0 aliphatic rings. The minimum Gasteiger partial charge on any atom is -0.508 e. The number of imidazole rings is 1. The number of phenols is 1. The molecule has 26 nitrogen and oxygen atoms in total. The van der Waals surface area contributed by atoms with Crippen LogP contribution in [0.4, 0.5) is 0 Å². The highest BCUT2D eigenvalue weighted by molar-refractivity contribution is 5.98. The number of phenolic OH excluding ortho intramolecular Hbond substituents is 1. The summed E-state index contributed by atoms with van der Waals surface area (Å²) in [4.78, 5) is 141. The summed E-state index contributed by atoms with van der Waals surface area (Å²) in [5.41, 5.74) is 18.1. The number of nitrogens with two attached hydrogens (primary N) is 3. The fourth-order valence-corrected chi connectivity index (χ4v) is 7.70. The molecule has 0 aliphatic carbocycles. The normalized spacial score (nSPS) is 15.2. The molecule has 1 aromatic carbocycles. The van der Waals surface area contributed by atoms with Gasteiger partial charge in [-0.05, 0) is 87.4 Å². The monoisotopic (exact) mass is 1070 g/mol. The summed E-state index contributed by atoms with van der Waals surface area (Å²) in [6.07, 6.45) is 3.48. The van der Waals surface area contributed by atoms with Crippen LogP contribution < -0.4 is 59.7 Å². The zero-order chi connectivity index (χ0) is 57.2. The van der Waals surface area contributed by atoms with Crippen molar-refractivity contribution >= 4 is 59.1 Å². The van der Waals surface area contributed by atoms with Gasteiger partial charge in [0.1, 0.15) is 54.1 Å². The van der Waals surface area contributed by atoms with Crippen LogP contribution in [0.5, 0.6) is 5.75 Å². The standard InChI is InChI=1S/C50H81N13O13/c1-8-28(6)41(63-47(72)38(21-30-12-14-32(65)15-13-30)59-42(67)29(7)56-43(68)33(52)22-31-23-54-25-55-31)49(74)57-34(16-17-40(53)66)44(69)62-39(24-64)48(73)61-37(20-27(4)5)46(71)60-36(19-26(2)3)45(70)58-35(50(75)76)11-9-10-18-51/h12-15,23,25-29,33-39,41,64-65H,8-11,16-22,24,51-52H2,1-7H3,(H2,53,66)(H,54,55)(H,56,68)(H,57,74)(H,58,70)(H,59,67)(H,60,71)(H,61,73)(H,62,69)(H,63,72)(H,75,76)/t28-,29-,33-,34-,35-,36-,37-,38-,39-,41-/m0/s1. The van der Waals surface area contributed by atoms with Crippen LogP contribution in [0.1, 0.15) is 111 Å². The van der Waals surface area contributed by atoms with E-state index < -0.39 is 139 Å². The molecule has 1 heterocycles. The highest BCUT2D eigenvalue weighted by atomic mass is 16.4. The van der Waals surface area contributed by atoms with Gasteiger partial charge >= 0.3 is 5.97 Å². The van der Waals surface area contributed by atoms with E-state index in [1.54, 1.807) is 41.5 Å². The summed E-state index contributed by atoms with van der Waals surface area (Å²) in [6.45, 7) is 11.2. The van der Waals surface area contributed by atoms with Gasteiger partial charge in [0.25, 0.3) is 0 Å². The van der Waals surface area contributed by atoms with Gasteiger partial charge in [-0.2, -0.15) is 0 Å². The largest absolute Gasteiger partial charge is 0.508 e. The molecule has 1 aromatic heterocycles. The second-order valence-electron chi connectivity index (χ2n) is 19.8. The number of primary amides is 1. The number of aromatic amines is 1. The van der Waals surface area contributed by atoms with Crippen molar-refractivity contribution in [1.29, 1.82) is 0 Å². The van der Waals surface area contributed by atoms with Crippen LogP contribution in [0.2, 0.25) is 0 Å². The minimum atomic E-state index is -1.74. The molecule has 2 aromatic rings. The molecule has 0 aliphatic heterocycles. The van der Waals surface area contributed by atoms with Crippen LogP contribution in [0.15, 0.2) is 36.8 Å². The van der Waals surface area contributed by atoms with Crippen LogP contribution in [0, 0.1) is 17.8 Å². The number of carboxylic acid groups (broad SMARTS) is 1. The van der Waals surface area contributed by atoms with E-state index in [1.165, 1.54) is 43.7 Å². The molecule has 0 spiro atoms. The van der Waals surface area contributed by atoms with E-state index in [1.807, 2.05) is 0 Å². The summed E-state index contributed by atoms with van der Waals surface area (Å²) in [5, 5.41) is 50.3. The number of carboxylic acids is 1. The molecule has 18 N–H and O–H groups in total. The third kappa shape index (κ3) is 23.1. The number of nitrogens with one attached hydrogen (secondary N) is 9. The average Bonchev–Trinajstić information content (AvgIpc) is 3.87. The van der Waals surface area contributed by atoms with E-state index >= 15 is 0 Å². The average molecular weight is 1070 g/mol. The SMILES string of the molecule is CC[C@H](C)[C@H](NC(=O)[C@H](Cc1ccc(O)cc1)NC(=O)[C@H](C)NC(=O)[C@@H](N)Cc1cnc[nH]1)C(=O)N[C@@H](CCC(N)=O)C(=O)N[C@@H](CO)C(=O)N[C@@H](CC(C)C)C(=O)N[C@@H](CC(C)C)C(=O)N[C@@H](CCCCN)C(=O)O. The summed E-state index contributed by atoms with van der Waals surface area (Å²) in [7, 11) is 0. The van der Waals surface area contributed by atoms with Gasteiger partial charge < -0.3 is 80.0 Å². The summed E-state index contributed by atoms with van der Waals surface area (Å²) in [6, 6.07) is -6.39. The summed E-state index contributed by atoms with van der Waals surface area (Å²) >= 11 is 0. The van der Waals surface area contributed by atoms with E-state index in [9.17, 15) is 63.3 Å². The lowest BCUT2D eigenvalue weighted by Crippen LogP contribution is -2.61. The fraction of sp³-hybridized carbons (Fsp3) is 0.620. The number of aliphatic hydroxyl groups excluding tert-OH is 1. The summed E-state index contributed by atoms with van der Waals surface area (Å²) in [5.74, 6) is -10.1. The molecule has 424 valence electrons. The molecule has 0 saturated carbocycles. The number of benzene rings is 1. The zero-order valence-corrected chi connectivity index (χ0v) is 44.5. The number of amides is 9. The maximum absolute atomic E-state index is 14.2. The Balaban J connectivity index is 2.35. The quantitative estimate of drug-likeness (QED) is 0.0324. The number of hydrogen-bond donors (Lipinski definition) is 15. The van der Waals surface area contributed by atoms with Crippen molar-refractivity contribution in [2.45, 2.75) is 167 Å².